The molecule has 0 spiro atoms. The summed E-state index contributed by atoms with van der Waals surface area (Å²) in [4.78, 5) is 37.2. The molecule has 32 heavy (non-hydrogen) atoms. The molecule has 2 bridgehead atoms. The number of piperazine rings is 1. The molecule has 9 nitrogen and oxygen atoms in total. The number of thiocarbonyl (C=S) groups is 1. The van der Waals surface area contributed by atoms with Gasteiger partial charge in [0.25, 0.3) is 0 Å². The maximum Gasteiger partial charge on any atom is 0.341 e. The van der Waals surface area contributed by atoms with Crippen molar-refractivity contribution in [3.05, 3.63) is 28.2 Å². The zero-order chi connectivity index (χ0) is 22.4. The SMILES string of the molecule is CCn1cc(C(=O)O)c(=O)c2cnc(N3CCN(C(=S)NC4CC5CCC4C5)CC3)nc21. The van der Waals surface area contributed by atoms with Crippen LogP contribution >= 0.6 is 12.2 Å². The minimum absolute atomic E-state index is 0.227. The Hall–Kier alpha value is -2.75. The molecule has 2 aliphatic carbocycles. The maximum absolute atomic E-state index is 12.5. The van der Waals surface area contributed by atoms with E-state index in [1.807, 2.05) is 6.92 Å². The van der Waals surface area contributed by atoms with Crippen LogP contribution in [0.4, 0.5) is 5.95 Å². The molecule has 2 N–H and O–H groups in total. The van der Waals surface area contributed by atoms with Crippen LogP contribution in [0.15, 0.2) is 17.2 Å². The summed E-state index contributed by atoms with van der Waals surface area (Å²) in [5, 5.41) is 14.0. The first kappa shape index (κ1) is 21.1. The summed E-state index contributed by atoms with van der Waals surface area (Å²) in [6.45, 7) is 5.42. The minimum Gasteiger partial charge on any atom is -0.477 e. The van der Waals surface area contributed by atoms with Gasteiger partial charge in [-0.15, -0.1) is 0 Å². The molecule has 3 fully saturated rings. The van der Waals surface area contributed by atoms with E-state index in [4.69, 9.17) is 12.2 Å². The Morgan fingerprint density at radius 1 is 1.25 bits per heavy atom. The number of carboxylic acid groups (broad SMARTS) is 1. The fraction of sp³-hybridized carbons (Fsp3) is 0.591. The summed E-state index contributed by atoms with van der Waals surface area (Å²) in [5.41, 5.74) is -0.352. The van der Waals surface area contributed by atoms with Crippen molar-refractivity contribution in [3.63, 3.8) is 0 Å². The largest absolute Gasteiger partial charge is 0.477 e. The molecule has 0 aromatic carbocycles. The first-order valence-electron chi connectivity index (χ1n) is 11.4. The summed E-state index contributed by atoms with van der Waals surface area (Å²) in [6, 6.07) is 0.532. The Balaban J connectivity index is 1.28. The lowest BCUT2D eigenvalue weighted by Gasteiger charge is -2.37. The van der Waals surface area contributed by atoms with E-state index < -0.39 is 11.4 Å². The van der Waals surface area contributed by atoms with Crippen LogP contribution < -0.4 is 15.6 Å². The molecule has 2 saturated carbocycles. The van der Waals surface area contributed by atoms with Gasteiger partial charge in [-0.1, -0.05) is 6.42 Å². The molecule has 2 aromatic heterocycles. The van der Waals surface area contributed by atoms with Crippen LogP contribution in [0.2, 0.25) is 0 Å². The second-order valence-electron chi connectivity index (χ2n) is 9.08. The van der Waals surface area contributed by atoms with Crippen molar-refractivity contribution in [1.29, 1.82) is 0 Å². The molecule has 10 heteroatoms. The highest BCUT2D eigenvalue weighted by Gasteiger charge is 2.40. The fourth-order valence-corrected chi connectivity index (χ4v) is 5.82. The molecule has 0 radical (unpaired) electrons. The van der Waals surface area contributed by atoms with Crippen molar-refractivity contribution in [1.82, 2.24) is 24.8 Å². The lowest BCUT2D eigenvalue weighted by Crippen LogP contribution is -2.54. The molecular weight excluding hydrogens is 428 g/mol. The lowest BCUT2D eigenvalue weighted by molar-refractivity contribution is 0.0695. The summed E-state index contributed by atoms with van der Waals surface area (Å²) in [7, 11) is 0. The smallest absolute Gasteiger partial charge is 0.341 e. The average molecular weight is 457 g/mol. The third-order valence-corrected chi connectivity index (χ3v) is 7.65. The highest BCUT2D eigenvalue weighted by atomic mass is 32.1. The van der Waals surface area contributed by atoms with E-state index in [1.54, 1.807) is 4.57 Å². The number of pyridine rings is 1. The van der Waals surface area contributed by atoms with Gasteiger partial charge in [0.05, 0.1) is 5.39 Å². The van der Waals surface area contributed by atoms with Crippen LogP contribution in [0.1, 0.15) is 43.0 Å². The molecule has 3 heterocycles. The van der Waals surface area contributed by atoms with E-state index in [1.165, 1.54) is 38.1 Å². The topological polar surface area (TPSA) is 104 Å². The third kappa shape index (κ3) is 3.70. The zero-order valence-electron chi connectivity index (χ0n) is 18.2. The van der Waals surface area contributed by atoms with Gasteiger partial charge in [-0.3, -0.25) is 4.79 Å². The first-order chi connectivity index (χ1) is 15.4. The van der Waals surface area contributed by atoms with Gasteiger partial charge in [-0.05, 0) is 50.2 Å². The standard InChI is InChI=1S/C22H28N6O3S/c1-2-26-12-16(20(30)31)18(29)15-11-23-21(25-19(15)26)27-5-7-28(8-6-27)22(32)24-17-10-13-3-4-14(17)9-13/h11-14,17H,2-10H2,1H3,(H,24,32)(H,30,31). The van der Waals surface area contributed by atoms with Crippen LogP contribution in [0, 0.1) is 11.8 Å². The predicted molar refractivity (Wildman–Crippen MR) is 125 cm³/mol. The monoisotopic (exact) mass is 456 g/mol. The van der Waals surface area contributed by atoms with Crippen LogP contribution in [0.5, 0.6) is 0 Å². The number of carbonyl (C=O) groups is 1. The number of aromatic carboxylic acids is 1. The molecule has 1 saturated heterocycles. The number of anilines is 1. The van der Waals surface area contributed by atoms with Crippen LogP contribution in [-0.2, 0) is 6.54 Å². The number of aromatic nitrogens is 3. The summed E-state index contributed by atoms with van der Waals surface area (Å²) >= 11 is 5.70. The number of fused-ring (bicyclic) bond motifs is 3. The molecule has 3 atom stereocenters. The van der Waals surface area contributed by atoms with Crippen LogP contribution in [-0.4, -0.2) is 67.8 Å². The van der Waals surface area contributed by atoms with Crippen molar-refractivity contribution >= 4 is 40.3 Å². The summed E-state index contributed by atoms with van der Waals surface area (Å²) in [6.07, 6.45) is 8.12. The maximum atomic E-state index is 12.5. The van der Waals surface area contributed by atoms with Crippen LogP contribution in [0.3, 0.4) is 0 Å². The fourth-order valence-electron chi connectivity index (χ4n) is 5.49. The first-order valence-corrected chi connectivity index (χ1v) is 11.8. The Morgan fingerprint density at radius 2 is 2.03 bits per heavy atom. The highest BCUT2D eigenvalue weighted by molar-refractivity contribution is 7.80. The van der Waals surface area contributed by atoms with Crippen molar-refractivity contribution in [3.8, 4) is 0 Å². The molecule has 5 rings (SSSR count). The van der Waals surface area contributed by atoms with Gasteiger partial charge in [0, 0.05) is 51.2 Å². The number of carboxylic acids is 1. The van der Waals surface area contributed by atoms with Gasteiger partial charge < -0.3 is 24.8 Å². The van der Waals surface area contributed by atoms with E-state index in [2.05, 4.69) is 25.1 Å². The molecule has 2 aromatic rings. The highest BCUT2D eigenvalue weighted by Crippen LogP contribution is 2.44. The molecular formula is C22H28N6O3S. The number of nitrogens with zero attached hydrogens (tertiary/aromatic N) is 5. The Labute approximate surface area is 191 Å². The third-order valence-electron chi connectivity index (χ3n) is 7.27. The quantitative estimate of drug-likeness (QED) is 0.665. The van der Waals surface area contributed by atoms with E-state index in [0.717, 1.165) is 43.1 Å². The second-order valence-corrected chi connectivity index (χ2v) is 9.46. The van der Waals surface area contributed by atoms with Gasteiger partial charge in [-0.2, -0.15) is 4.98 Å². The second kappa shape index (κ2) is 8.31. The normalized spacial score (nSPS) is 24.8. The predicted octanol–water partition coefficient (Wildman–Crippen LogP) is 1.69. The van der Waals surface area contributed by atoms with Crippen molar-refractivity contribution in [2.45, 2.75) is 45.2 Å². The Bertz CT molecular complexity index is 1130. The van der Waals surface area contributed by atoms with Gasteiger partial charge in [0.1, 0.15) is 11.2 Å². The Morgan fingerprint density at radius 3 is 2.66 bits per heavy atom. The van der Waals surface area contributed by atoms with E-state index in [-0.39, 0.29) is 10.9 Å². The van der Waals surface area contributed by atoms with E-state index >= 15 is 0 Å². The minimum atomic E-state index is -1.24. The van der Waals surface area contributed by atoms with Crippen molar-refractivity contribution in [2.24, 2.45) is 11.8 Å². The number of rotatable bonds is 4. The average Bonchev–Trinajstić information content (AvgIpc) is 3.42. The number of nitrogens with one attached hydrogen (secondary N) is 1. The van der Waals surface area contributed by atoms with Gasteiger partial charge in [0.2, 0.25) is 11.4 Å². The number of hydrogen-bond acceptors (Lipinski definition) is 6. The van der Waals surface area contributed by atoms with E-state index in [9.17, 15) is 14.7 Å². The number of aryl methyl sites for hydroxylation is 1. The van der Waals surface area contributed by atoms with Crippen LogP contribution in [0.25, 0.3) is 11.0 Å². The molecule has 3 unspecified atom stereocenters. The molecule has 3 aliphatic rings. The van der Waals surface area contributed by atoms with Gasteiger partial charge in [0.15, 0.2) is 5.11 Å². The van der Waals surface area contributed by atoms with Gasteiger partial charge >= 0.3 is 5.97 Å². The van der Waals surface area contributed by atoms with Gasteiger partial charge in [-0.25, -0.2) is 9.78 Å². The Kier molecular flexibility index (Phi) is 5.48. The molecule has 170 valence electrons. The zero-order valence-corrected chi connectivity index (χ0v) is 19.0. The number of hydrogen-bond donors (Lipinski definition) is 2. The summed E-state index contributed by atoms with van der Waals surface area (Å²) < 4.78 is 1.69. The van der Waals surface area contributed by atoms with E-state index in [0.29, 0.717) is 24.2 Å². The molecule has 0 amide bonds. The lowest BCUT2D eigenvalue weighted by atomic mass is 9.95. The van der Waals surface area contributed by atoms with Crippen molar-refractivity contribution in [2.75, 3.05) is 31.1 Å². The van der Waals surface area contributed by atoms with Crippen molar-refractivity contribution < 1.29 is 9.90 Å². The molecule has 1 aliphatic heterocycles. The summed E-state index contributed by atoms with van der Waals surface area (Å²) in [5.74, 6) is 0.973.